The van der Waals surface area contributed by atoms with Gasteiger partial charge in [-0.15, -0.1) is 0 Å². The van der Waals surface area contributed by atoms with E-state index < -0.39 is 11.6 Å². The third kappa shape index (κ3) is 7.44. The van der Waals surface area contributed by atoms with Crippen LogP contribution in [0.2, 0.25) is 0 Å². The van der Waals surface area contributed by atoms with Crippen molar-refractivity contribution in [3.05, 3.63) is 41.1 Å². The summed E-state index contributed by atoms with van der Waals surface area (Å²) >= 11 is 0. The van der Waals surface area contributed by atoms with Gasteiger partial charge in [-0.2, -0.15) is 0 Å². The molecule has 10 nitrogen and oxygen atoms in total. The Morgan fingerprint density at radius 2 is 1.81 bits per heavy atom. The summed E-state index contributed by atoms with van der Waals surface area (Å²) in [6.45, 7) is 8.68. The molecule has 0 aromatic heterocycles. The Kier molecular flexibility index (Phi) is 9.33. The molecule has 2 heterocycles. The summed E-state index contributed by atoms with van der Waals surface area (Å²) in [5.41, 5.74) is 1.73. The summed E-state index contributed by atoms with van der Waals surface area (Å²) < 4.78 is 10.3. The van der Waals surface area contributed by atoms with Gasteiger partial charge in [0.15, 0.2) is 0 Å². The number of hydrogen-bond acceptors (Lipinski definition) is 8. The summed E-state index contributed by atoms with van der Waals surface area (Å²) in [4.78, 5) is 40.2. The predicted molar refractivity (Wildman–Crippen MR) is 135 cm³/mol. The summed E-state index contributed by atoms with van der Waals surface area (Å²) in [5, 5.41) is 15.7. The predicted octanol–water partition coefficient (Wildman–Crippen LogP) is 2.10. The van der Waals surface area contributed by atoms with Gasteiger partial charge in [-0.05, 0) is 63.8 Å². The van der Waals surface area contributed by atoms with E-state index in [9.17, 15) is 19.5 Å². The highest BCUT2D eigenvalue weighted by Crippen LogP contribution is 2.23. The van der Waals surface area contributed by atoms with Crippen molar-refractivity contribution in [2.24, 2.45) is 5.92 Å². The van der Waals surface area contributed by atoms with Crippen molar-refractivity contribution < 1.29 is 29.0 Å². The van der Waals surface area contributed by atoms with Gasteiger partial charge in [-0.25, -0.2) is 9.59 Å². The molecule has 3 rings (SSSR count). The largest absolute Gasteiger partial charge is 0.466 e. The Balaban J connectivity index is 1.46. The lowest BCUT2D eigenvalue weighted by molar-refractivity contribution is -0.136. The number of nitrogens with one attached hydrogen (secondary N) is 2. The number of ether oxygens (including phenoxy) is 2. The lowest BCUT2D eigenvalue weighted by atomic mass is 9.97. The van der Waals surface area contributed by atoms with Crippen molar-refractivity contribution in [2.45, 2.75) is 45.8 Å². The zero-order chi connectivity index (χ0) is 26.3. The van der Waals surface area contributed by atoms with E-state index in [1.54, 1.807) is 4.90 Å². The first-order valence-corrected chi connectivity index (χ1v) is 12.4. The van der Waals surface area contributed by atoms with Gasteiger partial charge in [0.25, 0.3) is 5.91 Å². The van der Waals surface area contributed by atoms with Crippen LogP contribution in [0.4, 0.5) is 10.5 Å². The Labute approximate surface area is 212 Å². The van der Waals surface area contributed by atoms with Crippen LogP contribution in [-0.2, 0) is 25.6 Å². The normalized spacial score (nSPS) is 17.0. The third-order valence-corrected chi connectivity index (χ3v) is 6.21. The standard InChI is InChI=1S/C26H38N4O6/c1-26(2,3)36-25(34)29-11-9-19(10-12-29)16-27-15-18-5-7-20(8-6-18)28-22-21(24(33)35-4)17-30(13-14-31)23(22)32/h5-8,19,27-28,31H,9-17H2,1-4H3. The van der Waals surface area contributed by atoms with Crippen LogP contribution in [0.5, 0.6) is 0 Å². The number of nitrogens with zero attached hydrogens (tertiary/aromatic N) is 2. The maximum atomic E-state index is 12.7. The highest BCUT2D eigenvalue weighted by Gasteiger charge is 2.34. The van der Waals surface area contributed by atoms with Crippen LogP contribution in [0, 0.1) is 5.92 Å². The molecule has 36 heavy (non-hydrogen) atoms. The zero-order valence-corrected chi connectivity index (χ0v) is 21.6. The van der Waals surface area contributed by atoms with Crippen molar-refractivity contribution in [1.29, 1.82) is 0 Å². The minimum Gasteiger partial charge on any atom is -0.466 e. The van der Waals surface area contributed by atoms with E-state index in [4.69, 9.17) is 9.47 Å². The topological polar surface area (TPSA) is 120 Å². The Hall–Kier alpha value is -3.11. The fraction of sp³-hybridized carbons (Fsp3) is 0.577. The lowest BCUT2D eigenvalue weighted by Gasteiger charge is -2.33. The first-order valence-electron chi connectivity index (χ1n) is 12.4. The molecule has 0 saturated carbocycles. The van der Waals surface area contributed by atoms with Crippen LogP contribution in [0.3, 0.4) is 0 Å². The number of β-amino-alcohol motifs (C(OH)–C–C–N with tert-alkyl or cyclic N) is 1. The third-order valence-electron chi connectivity index (χ3n) is 6.21. The molecule has 1 aromatic carbocycles. The van der Waals surface area contributed by atoms with Gasteiger partial charge >= 0.3 is 12.1 Å². The van der Waals surface area contributed by atoms with Crippen molar-refractivity contribution in [3.63, 3.8) is 0 Å². The number of aliphatic hydroxyl groups excluding tert-OH is 1. The van der Waals surface area contributed by atoms with Gasteiger partial charge in [0.2, 0.25) is 0 Å². The van der Waals surface area contributed by atoms with Crippen molar-refractivity contribution in [3.8, 4) is 0 Å². The number of methoxy groups -OCH3 is 1. The van der Waals surface area contributed by atoms with E-state index in [0.29, 0.717) is 31.2 Å². The average molecular weight is 503 g/mol. The van der Waals surface area contributed by atoms with Crippen molar-refractivity contribution in [2.75, 3.05) is 51.8 Å². The molecule has 1 fully saturated rings. The average Bonchev–Trinajstić information content (AvgIpc) is 3.14. The van der Waals surface area contributed by atoms with Gasteiger partial charge in [-0.3, -0.25) is 4.79 Å². The van der Waals surface area contributed by atoms with E-state index >= 15 is 0 Å². The molecule has 0 radical (unpaired) electrons. The van der Waals surface area contributed by atoms with Crippen molar-refractivity contribution >= 4 is 23.7 Å². The van der Waals surface area contributed by atoms with Crippen LogP contribution in [0.25, 0.3) is 0 Å². The van der Waals surface area contributed by atoms with Crippen molar-refractivity contribution in [1.82, 2.24) is 15.1 Å². The number of rotatable bonds is 9. The van der Waals surface area contributed by atoms with Crippen LogP contribution >= 0.6 is 0 Å². The Morgan fingerprint density at radius 1 is 1.14 bits per heavy atom. The monoisotopic (exact) mass is 502 g/mol. The summed E-state index contributed by atoms with van der Waals surface area (Å²) in [7, 11) is 1.28. The first-order chi connectivity index (χ1) is 17.1. The highest BCUT2D eigenvalue weighted by atomic mass is 16.6. The maximum absolute atomic E-state index is 12.7. The molecule has 0 aliphatic carbocycles. The lowest BCUT2D eigenvalue weighted by Crippen LogP contribution is -2.43. The molecule has 2 aliphatic heterocycles. The maximum Gasteiger partial charge on any atom is 0.410 e. The van der Waals surface area contributed by atoms with Crippen LogP contribution < -0.4 is 10.6 Å². The fourth-order valence-corrected chi connectivity index (χ4v) is 4.27. The second-order valence-corrected chi connectivity index (χ2v) is 10.2. The summed E-state index contributed by atoms with van der Waals surface area (Å²) in [6.07, 6.45) is 1.64. The quantitative estimate of drug-likeness (QED) is 0.439. The van der Waals surface area contributed by atoms with Gasteiger partial charge in [0.1, 0.15) is 11.3 Å². The molecule has 1 aromatic rings. The number of carbonyl (C=O) groups is 3. The van der Waals surface area contributed by atoms with Gasteiger partial charge < -0.3 is 35.0 Å². The molecule has 0 spiro atoms. The van der Waals surface area contributed by atoms with E-state index in [2.05, 4.69) is 10.6 Å². The summed E-state index contributed by atoms with van der Waals surface area (Å²) in [5.74, 6) is -0.402. The van der Waals surface area contributed by atoms with E-state index in [0.717, 1.165) is 24.9 Å². The molecule has 0 atom stereocenters. The number of aliphatic hydroxyl groups is 1. The molecule has 0 unspecified atom stereocenters. The zero-order valence-electron chi connectivity index (χ0n) is 21.6. The molecule has 2 amide bonds. The van der Waals surface area contributed by atoms with Gasteiger partial charge in [-0.1, -0.05) is 12.1 Å². The smallest absolute Gasteiger partial charge is 0.410 e. The second-order valence-electron chi connectivity index (χ2n) is 10.2. The number of likely N-dealkylation sites (tertiary alicyclic amines) is 1. The van der Waals surface area contributed by atoms with E-state index in [1.165, 1.54) is 12.0 Å². The number of esters is 1. The Bertz CT molecular complexity index is 962. The Morgan fingerprint density at radius 3 is 2.39 bits per heavy atom. The van der Waals surface area contributed by atoms with Gasteiger partial charge in [0, 0.05) is 31.9 Å². The summed E-state index contributed by atoms with van der Waals surface area (Å²) in [6, 6.07) is 7.65. The second kappa shape index (κ2) is 12.2. The van der Waals surface area contributed by atoms with Gasteiger partial charge in [0.05, 0.1) is 25.8 Å². The number of amides is 2. The van der Waals surface area contributed by atoms with Crippen LogP contribution in [0.15, 0.2) is 35.5 Å². The van der Waals surface area contributed by atoms with Crippen LogP contribution in [-0.4, -0.2) is 84.9 Å². The molecule has 198 valence electrons. The molecule has 2 aliphatic rings. The molecule has 3 N–H and O–H groups in total. The minimum atomic E-state index is -0.566. The van der Waals surface area contributed by atoms with E-state index in [1.807, 2.05) is 45.0 Å². The molecule has 0 bridgehead atoms. The van der Waals surface area contributed by atoms with Crippen LogP contribution in [0.1, 0.15) is 39.2 Å². The molecular weight excluding hydrogens is 464 g/mol. The molecule has 1 saturated heterocycles. The van der Waals surface area contributed by atoms with E-state index in [-0.39, 0.29) is 43.0 Å². The molecule has 10 heteroatoms. The number of benzene rings is 1. The number of carbonyl (C=O) groups excluding carboxylic acids is 3. The molecular formula is C26H38N4O6. The fourth-order valence-electron chi connectivity index (χ4n) is 4.27. The highest BCUT2D eigenvalue weighted by molar-refractivity contribution is 6.08. The minimum absolute atomic E-state index is 0.104. The number of anilines is 1. The number of hydrogen-bond donors (Lipinski definition) is 3. The first kappa shape index (κ1) is 27.5. The SMILES string of the molecule is COC(=O)C1=C(Nc2ccc(CNCC3CCN(C(=O)OC(C)(C)C)CC3)cc2)C(=O)N(CCO)C1. The number of piperidine rings is 1.